The lowest BCUT2D eigenvalue weighted by atomic mass is 10.0. The van der Waals surface area contributed by atoms with Gasteiger partial charge in [-0.05, 0) is 61.4 Å². The molecule has 0 saturated carbocycles. The third-order valence-electron chi connectivity index (χ3n) is 4.70. The molecule has 0 aliphatic heterocycles. The lowest BCUT2D eigenvalue weighted by Crippen LogP contribution is -2.28. The molecule has 1 heterocycles. The first kappa shape index (κ1) is 22.2. The number of carbonyl (C=O) groups is 2. The van der Waals surface area contributed by atoms with Crippen molar-refractivity contribution in [3.8, 4) is 5.75 Å². The van der Waals surface area contributed by atoms with Gasteiger partial charge in [0.2, 0.25) is 0 Å². The molecule has 0 aliphatic carbocycles. The minimum absolute atomic E-state index is 0.00759. The largest absolute Gasteiger partial charge is 0.487 e. The van der Waals surface area contributed by atoms with Crippen LogP contribution >= 0.6 is 11.6 Å². The van der Waals surface area contributed by atoms with E-state index in [-0.39, 0.29) is 29.6 Å². The first-order valence-electron chi connectivity index (χ1n) is 9.42. The summed E-state index contributed by atoms with van der Waals surface area (Å²) < 4.78 is 18.7. The van der Waals surface area contributed by atoms with E-state index in [4.69, 9.17) is 16.3 Å². The number of ether oxygens (including phenoxy) is 1. The number of hydrogen-bond acceptors (Lipinski definition) is 4. The van der Waals surface area contributed by atoms with Gasteiger partial charge in [0, 0.05) is 6.20 Å². The molecule has 0 saturated heterocycles. The molecule has 2 aromatic carbocycles. The molecule has 0 spiro atoms. The van der Waals surface area contributed by atoms with Crippen LogP contribution in [0.25, 0.3) is 0 Å². The van der Waals surface area contributed by atoms with Gasteiger partial charge in [-0.3, -0.25) is 9.78 Å². The molecule has 0 bridgehead atoms. The number of hydrogen-bond donors (Lipinski definition) is 2. The van der Waals surface area contributed by atoms with Crippen molar-refractivity contribution >= 4 is 23.5 Å². The molecule has 3 aromatic rings. The maximum absolute atomic E-state index is 13.0. The predicted molar refractivity (Wildman–Crippen MR) is 114 cm³/mol. The quantitative estimate of drug-likeness (QED) is 0.540. The van der Waals surface area contributed by atoms with Crippen molar-refractivity contribution in [3.63, 3.8) is 0 Å². The van der Waals surface area contributed by atoms with Crippen LogP contribution in [0.3, 0.4) is 0 Å². The monoisotopic (exact) mass is 442 g/mol. The van der Waals surface area contributed by atoms with E-state index in [9.17, 15) is 19.1 Å². The molecule has 3 rings (SSSR count). The number of carboxylic acid groups (broad SMARTS) is 1. The molecule has 160 valence electrons. The summed E-state index contributed by atoms with van der Waals surface area (Å²) >= 11 is 6.04. The molecule has 1 atom stereocenters. The topological polar surface area (TPSA) is 88.5 Å². The summed E-state index contributed by atoms with van der Waals surface area (Å²) in [4.78, 5) is 28.3. The third-order valence-corrected chi connectivity index (χ3v) is 4.91. The Hall–Kier alpha value is -3.45. The molecule has 8 heteroatoms. The first-order valence-corrected chi connectivity index (χ1v) is 9.80. The Morgan fingerprint density at radius 2 is 1.87 bits per heavy atom. The van der Waals surface area contributed by atoms with E-state index in [0.29, 0.717) is 22.0 Å². The molecule has 2 N–H and O–H groups in total. The molecule has 0 unspecified atom stereocenters. The second-order valence-corrected chi connectivity index (χ2v) is 7.40. The number of nitrogens with zero attached hydrogens (tertiary/aromatic N) is 1. The molecule has 1 amide bonds. The van der Waals surface area contributed by atoms with Gasteiger partial charge in [0.1, 0.15) is 18.2 Å². The van der Waals surface area contributed by atoms with Crippen LogP contribution < -0.4 is 10.1 Å². The van der Waals surface area contributed by atoms with Crippen LogP contribution in [0.15, 0.2) is 54.7 Å². The lowest BCUT2D eigenvalue weighted by Gasteiger charge is -2.17. The van der Waals surface area contributed by atoms with Gasteiger partial charge in [-0.2, -0.15) is 0 Å². The van der Waals surface area contributed by atoms with Gasteiger partial charge in [-0.1, -0.05) is 23.7 Å². The zero-order chi connectivity index (χ0) is 22.5. The molecular weight excluding hydrogens is 423 g/mol. The minimum Gasteiger partial charge on any atom is -0.487 e. The number of carbonyl (C=O) groups excluding carboxylic acids is 1. The average Bonchev–Trinajstić information content (AvgIpc) is 2.73. The van der Waals surface area contributed by atoms with Gasteiger partial charge in [-0.15, -0.1) is 0 Å². The van der Waals surface area contributed by atoms with Gasteiger partial charge < -0.3 is 15.2 Å². The Balaban J connectivity index is 1.76. The maximum Gasteiger partial charge on any atom is 0.335 e. The number of nitrogens with one attached hydrogen (secondary N) is 1. The second-order valence-electron chi connectivity index (χ2n) is 6.97. The average molecular weight is 443 g/mol. The number of aromatic carboxylic acids is 1. The van der Waals surface area contributed by atoms with Crippen molar-refractivity contribution in [1.82, 2.24) is 10.3 Å². The Morgan fingerprint density at radius 3 is 2.52 bits per heavy atom. The molecule has 31 heavy (non-hydrogen) atoms. The van der Waals surface area contributed by atoms with Gasteiger partial charge in [0.15, 0.2) is 0 Å². The zero-order valence-electron chi connectivity index (χ0n) is 16.9. The van der Waals surface area contributed by atoms with Gasteiger partial charge in [0.05, 0.1) is 27.9 Å². The Kier molecular flexibility index (Phi) is 6.87. The fourth-order valence-electron chi connectivity index (χ4n) is 3.02. The van der Waals surface area contributed by atoms with E-state index in [1.54, 1.807) is 26.0 Å². The number of aryl methyl sites for hydroxylation is 1. The molecular formula is C23H20ClFN2O4. The standard InChI is InChI=1S/C23H20ClFN2O4/c1-13-9-15(3-8-19(13)23(29)30)14(2)27-22(28)20-10-16(24)11-26-21(20)12-31-18-6-4-17(25)5-7-18/h3-11,14H,12H2,1-2H3,(H,27,28)(H,29,30)/t14-/m0/s1. The van der Waals surface area contributed by atoms with Crippen LogP contribution in [0.1, 0.15) is 50.5 Å². The summed E-state index contributed by atoms with van der Waals surface area (Å²) in [5, 5.41) is 12.3. The summed E-state index contributed by atoms with van der Waals surface area (Å²) in [6.45, 7) is 3.49. The number of pyridine rings is 1. The predicted octanol–water partition coefficient (Wildman–Crippen LogP) is 4.95. The number of aromatic nitrogens is 1. The van der Waals surface area contributed by atoms with Crippen molar-refractivity contribution in [2.75, 3.05) is 0 Å². The molecule has 0 radical (unpaired) electrons. The summed E-state index contributed by atoms with van der Waals surface area (Å²) in [6.07, 6.45) is 1.42. The second kappa shape index (κ2) is 9.57. The van der Waals surface area contributed by atoms with E-state index in [1.807, 2.05) is 0 Å². The van der Waals surface area contributed by atoms with Crippen molar-refractivity contribution < 1.29 is 23.8 Å². The third kappa shape index (κ3) is 5.58. The number of rotatable bonds is 7. The Bertz CT molecular complexity index is 1120. The van der Waals surface area contributed by atoms with Crippen LogP contribution in [0, 0.1) is 12.7 Å². The molecule has 6 nitrogen and oxygen atoms in total. The SMILES string of the molecule is Cc1cc([C@H](C)NC(=O)c2cc(Cl)cnc2COc2ccc(F)cc2)ccc1C(=O)O. The molecule has 1 aromatic heterocycles. The van der Waals surface area contributed by atoms with Crippen molar-refractivity contribution in [3.05, 3.63) is 93.5 Å². The summed E-state index contributed by atoms with van der Waals surface area (Å²) in [5.41, 5.74) is 2.19. The van der Waals surface area contributed by atoms with Crippen molar-refractivity contribution in [2.45, 2.75) is 26.5 Å². The van der Waals surface area contributed by atoms with E-state index in [0.717, 1.165) is 5.56 Å². The fourth-order valence-corrected chi connectivity index (χ4v) is 3.17. The number of amides is 1. The highest BCUT2D eigenvalue weighted by Crippen LogP contribution is 2.21. The highest BCUT2D eigenvalue weighted by atomic mass is 35.5. The van der Waals surface area contributed by atoms with E-state index < -0.39 is 11.9 Å². The van der Waals surface area contributed by atoms with Gasteiger partial charge >= 0.3 is 5.97 Å². The van der Waals surface area contributed by atoms with E-state index in [1.165, 1.54) is 42.6 Å². The lowest BCUT2D eigenvalue weighted by molar-refractivity contribution is 0.0695. The Morgan fingerprint density at radius 1 is 1.16 bits per heavy atom. The van der Waals surface area contributed by atoms with Crippen LogP contribution in [0.5, 0.6) is 5.75 Å². The highest BCUT2D eigenvalue weighted by molar-refractivity contribution is 6.30. The summed E-state index contributed by atoms with van der Waals surface area (Å²) in [6, 6.07) is 11.5. The number of halogens is 2. The van der Waals surface area contributed by atoms with Gasteiger partial charge in [-0.25, -0.2) is 9.18 Å². The minimum atomic E-state index is -1.00. The zero-order valence-corrected chi connectivity index (χ0v) is 17.6. The molecule has 0 fully saturated rings. The van der Waals surface area contributed by atoms with Crippen LogP contribution in [-0.4, -0.2) is 22.0 Å². The first-order chi connectivity index (χ1) is 14.7. The van der Waals surface area contributed by atoms with Crippen molar-refractivity contribution in [1.29, 1.82) is 0 Å². The van der Waals surface area contributed by atoms with Crippen LogP contribution in [-0.2, 0) is 6.61 Å². The van der Waals surface area contributed by atoms with Crippen LogP contribution in [0.2, 0.25) is 5.02 Å². The Labute approximate surface area is 183 Å². The number of carboxylic acids is 1. The van der Waals surface area contributed by atoms with Crippen LogP contribution in [0.4, 0.5) is 4.39 Å². The maximum atomic E-state index is 13.0. The summed E-state index contributed by atoms with van der Waals surface area (Å²) in [7, 11) is 0. The van der Waals surface area contributed by atoms with Gasteiger partial charge in [0.25, 0.3) is 5.91 Å². The van der Waals surface area contributed by atoms with Crippen molar-refractivity contribution in [2.24, 2.45) is 0 Å². The smallest absolute Gasteiger partial charge is 0.335 e. The van der Waals surface area contributed by atoms with E-state index in [2.05, 4.69) is 10.3 Å². The molecule has 0 aliphatic rings. The highest BCUT2D eigenvalue weighted by Gasteiger charge is 2.18. The number of benzene rings is 2. The van der Waals surface area contributed by atoms with E-state index >= 15 is 0 Å². The fraction of sp³-hybridized carbons (Fsp3) is 0.174. The normalized spacial score (nSPS) is 11.6. The summed E-state index contributed by atoms with van der Waals surface area (Å²) in [5.74, 6) is -1.35.